The Morgan fingerprint density at radius 2 is 1.74 bits per heavy atom. The summed E-state index contributed by atoms with van der Waals surface area (Å²) in [7, 11) is 0. The Kier molecular flexibility index (Phi) is 7.81. The molecule has 0 aliphatic heterocycles. The molecule has 0 saturated carbocycles. The zero-order valence-electron chi connectivity index (χ0n) is 21.2. The van der Waals surface area contributed by atoms with Gasteiger partial charge in [0.2, 0.25) is 0 Å². The highest BCUT2D eigenvalue weighted by Gasteiger charge is 2.14. The zero-order chi connectivity index (χ0) is 26.6. The van der Waals surface area contributed by atoms with Crippen molar-refractivity contribution in [3.05, 3.63) is 101 Å². The molecule has 0 saturated heterocycles. The summed E-state index contributed by atoms with van der Waals surface area (Å²) in [6.45, 7) is 6.26. The molecule has 5 aromatic rings. The van der Waals surface area contributed by atoms with E-state index >= 15 is 0 Å². The summed E-state index contributed by atoms with van der Waals surface area (Å²) in [4.78, 5) is 15.6. The van der Waals surface area contributed by atoms with Crippen LogP contribution in [0.2, 0.25) is 0 Å². The zero-order valence-corrected chi connectivity index (χ0v) is 23.6. The minimum atomic E-state index is -0.144. The number of hydrogen-bond donors (Lipinski definition) is 2. The number of pyridine rings is 1. The first-order valence-electron chi connectivity index (χ1n) is 12.3. The molecule has 1 atom stereocenters. The molecule has 2 heterocycles. The van der Waals surface area contributed by atoms with Crippen molar-refractivity contribution < 1.29 is 9.84 Å². The number of anilines is 2. The Bertz CT molecular complexity index is 1580. The molecule has 0 fully saturated rings. The van der Waals surface area contributed by atoms with Crippen molar-refractivity contribution in [3.8, 4) is 11.5 Å². The average molecular weight is 588 g/mol. The Morgan fingerprint density at radius 3 is 2.50 bits per heavy atom. The molecule has 2 aromatic heterocycles. The number of phenolic OH excluding ortho intramolecular Hbond substituents is 1. The number of aromatic nitrogens is 3. The predicted molar refractivity (Wildman–Crippen MR) is 157 cm³/mol. The van der Waals surface area contributed by atoms with Crippen molar-refractivity contribution in [3.63, 3.8) is 0 Å². The van der Waals surface area contributed by atoms with Gasteiger partial charge in [-0.15, -0.1) is 0 Å². The van der Waals surface area contributed by atoms with E-state index < -0.39 is 0 Å². The van der Waals surface area contributed by atoms with Gasteiger partial charge in [-0.05, 0) is 79.1 Å². The predicted octanol–water partition coefficient (Wildman–Crippen LogP) is 8.65. The van der Waals surface area contributed by atoms with Gasteiger partial charge in [0.05, 0.1) is 11.1 Å². The van der Waals surface area contributed by atoms with Crippen LogP contribution in [0.4, 0.5) is 11.5 Å². The standard InChI is InChI=1S/C30H27BrN4O2S/c1-18(2)26-13-12-25-29(34-26)32-17-33-30(25)35-27-16-23(37-19(3)20-5-4-6-21(31)15-20)9-14-28(27)38-24-10-7-22(36)8-11-24/h4-19,36H,1-3H3,(H,32,33,34,35). The molecule has 1 unspecified atom stereocenters. The van der Waals surface area contributed by atoms with E-state index in [1.165, 1.54) is 6.33 Å². The van der Waals surface area contributed by atoms with Gasteiger partial charge >= 0.3 is 0 Å². The van der Waals surface area contributed by atoms with Gasteiger partial charge in [-0.1, -0.05) is 53.7 Å². The molecule has 3 aromatic carbocycles. The van der Waals surface area contributed by atoms with Gasteiger partial charge < -0.3 is 15.2 Å². The Morgan fingerprint density at radius 1 is 0.921 bits per heavy atom. The first-order chi connectivity index (χ1) is 18.4. The second-order valence-corrected chi connectivity index (χ2v) is 11.2. The highest BCUT2D eigenvalue weighted by molar-refractivity contribution is 9.10. The van der Waals surface area contributed by atoms with Gasteiger partial charge in [-0.3, -0.25) is 0 Å². The number of rotatable bonds is 8. The van der Waals surface area contributed by atoms with Gasteiger partial charge in [0, 0.05) is 26.0 Å². The lowest BCUT2D eigenvalue weighted by molar-refractivity contribution is 0.227. The van der Waals surface area contributed by atoms with Gasteiger partial charge in [-0.25, -0.2) is 15.0 Å². The van der Waals surface area contributed by atoms with Crippen LogP contribution in [0.1, 0.15) is 44.1 Å². The number of aromatic hydroxyl groups is 1. The van der Waals surface area contributed by atoms with E-state index in [-0.39, 0.29) is 11.9 Å². The number of fused-ring (bicyclic) bond motifs is 1. The van der Waals surface area contributed by atoms with Crippen molar-refractivity contribution in [2.24, 2.45) is 0 Å². The van der Waals surface area contributed by atoms with Crippen molar-refractivity contribution >= 4 is 50.2 Å². The number of nitrogens with one attached hydrogen (secondary N) is 1. The SMILES string of the molecule is CC(C)c1ccc2c(Nc3cc(OC(C)c4cccc(Br)c4)ccc3Sc3ccc(O)cc3)ncnc2n1. The lowest BCUT2D eigenvalue weighted by Crippen LogP contribution is -2.04. The summed E-state index contributed by atoms with van der Waals surface area (Å²) in [6, 6.07) is 25.3. The molecule has 2 N–H and O–H groups in total. The summed E-state index contributed by atoms with van der Waals surface area (Å²) in [5, 5.41) is 14.0. The van der Waals surface area contributed by atoms with Crippen LogP contribution in [0.15, 0.2) is 99.5 Å². The molecule has 0 radical (unpaired) electrons. The van der Waals surface area contributed by atoms with Crippen LogP contribution in [0, 0.1) is 0 Å². The molecular weight excluding hydrogens is 560 g/mol. The normalized spacial score (nSPS) is 12.0. The van der Waals surface area contributed by atoms with Crippen LogP contribution in [-0.2, 0) is 0 Å². The van der Waals surface area contributed by atoms with E-state index in [1.807, 2.05) is 61.5 Å². The van der Waals surface area contributed by atoms with Crippen molar-refractivity contribution in [2.45, 2.75) is 42.6 Å². The van der Waals surface area contributed by atoms with Crippen LogP contribution in [0.5, 0.6) is 11.5 Å². The lowest BCUT2D eigenvalue weighted by atomic mass is 10.1. The first-order valence-corrected chi connectivity index (χ1v) is 13.9. The fraction of sp³-hybridized carbons (Fsp3) is 0.167. The number of nitrogens with zero attached hydrogens (tertiary/aromatic N) is 3. The van der Waals surface area contributed by atoms with E-state index in [0.717, 1.165) is 42.3 Å². The number of benzene rings is 3. The molecule has 8 heteroatoms. The molecule has 5 rings (SSSR count). The van der Waals surface area contributed by atoms with E-state index in [2.05, 4.69) is 57.2 Å². The highest BCUT2D eigenvalue weighted by Crippen LogP contribution is 2.39. The molecule has 0 aliphatic carbocycles. The largest absolute Gasteiger partial charge is 0.508 e. The Balaban J connectivity index is 1.50. The average Bonchev–Trinajstić information content (AvgIpc) is 2.91. The number of hydrogen-bond acceptors (Lipinski definition) is 7. The summed E-state index contributed by atoms with van der Waals surface area (Å²) >= 11 is 5.13. The van der Waals surface area contributed by atoms with Crippen molar-refractivity contribution in [2.75, 3.05) is 5.32 Å². The summed E-state index contributed by atoms with van der Waals surface area (Å²) in [5.41, 5.74) is 3.56. The minimum Gasteiger partial charge on any atom is -0.508 e. The summed E-state index contributed by atoms with van der Waals surface area (Å²) in [6.07, 6.45) is 1.39. The summed E-state index contributed by atoms with van der Waals surface area (Å²) < 4.78 is 7.35. The maximum absolute atomic E-state index is 9.70. The van der Waals surface area contributed by atoms with Crippen LogP contribution >= 0.6 is 27.7 Å². The van der Waals surface area contributed by atoms with Crippen LogP contribution in [0.3, 0.4) is 0 Å². The minimum absolute atomic E-state index is 0.144. The summed E-state index contributed by atoms with van der Waals surface area (Å²) in [5.74, 6) is 1.94. The smallest absolute Gasteiger partial charge is 0.164 e. The van der Waals surface area contributed by atoms with E-state index in [0.29, 0.717) is 17.4 Å². The molecule has 192 valence electrons. The number of ether oxygens (including phenoxy) is 1. The van der Waals surface area contributed by atoms with Crippen molar-refractivity contribution in [1.29, 1.82) is 0 Å². The van der Waals surface area contributed by atoms with Gasteiger partial charge in [0.15, 0.2) is 5.65 Å². The van der Waals surface area contributed by atoms with E-state index in [9.17, 15) is 5.11 Å². The maximum Gasteiger partial charge on any atom is 0.164 e. The van der Waals surface area contributed by atoms with E-state index in [1.54, 1.807) is 23.9 Å². The third-order valence-electron chi connectivity index (χ3n) is 6.01. The number of halogens is 1. The molecule has 0 bridgehead atoms. The quantitative estimate of drug-likeness (QED) is 0.188. The topological polar surface area (TPSA) is 80.2 Å². The molecule has 38 heavy (non-hydrogen) atoms. The maximum atomic E-state index is 9.70. The second kappa shape index (κ2) is 11.4. The van der Waals surface area contributed by atoms with Gasteiger partial charge in [0.25, 0.3) is 0 Å². The third kappa shape index (κ3) is 6.09. The van der Waals surface area contributed by atoms with Crippen LogP contribution in [0.25, 0.3) is 11.0 Å². The van der Waals surface area contributed by atoms with Gasteiger partial charge in [-0.2, -0.15) is 0 Å². The lowest BCUT2D eigenvalue weighted by Gasteiger charge is -2.18. The highest BCUT2D eigenvalue weighted by atomic mass is 79.9. The molecule has 6 nitrogen and oxygen atoms in total. The fourth-order valence-corrected chi connectivity index (χ4v) is 5.25. The molecule has 0 aliphatic rings. The first kappa shape index (κ1) is 26.0. The third-order valence-corrected chi connectivity index (χ3v) is 7.59. The van der Waals surface area contributed by atoms with E-state index in [4.69, 9.17) is 9.72 Å². The Labute approximate surface area is 234 Å². The fourth-order valence-electron chi connectivity index (χ4n) is 3.95. The van der Waals surface area contributed by atoms with Crippen LogP contribution in [-0.4, -0.2) is 20.1 Å². The second-order valence-electron chi connectivity index (χ2n) is 9.18. The molecule has 0 spiro atoms. The monoisotopic (exact) mass is 586 g/mol. The number of phenols is 1. The van der Waals surface area contributed by atoms with Gasteiger partial charge in [0.1, 0.15) is 29.7 Å². The molecule has 0 amide bonds. The Hall–Kier alpha value is -3.62. The van der Waals surface area contributed by atoms with Crippen LogP contribution < -0.4 is 10.1 Å². The van der Waals surface area contributed by atoms with Crippen molar-refractivity contribution in [1.82, 2.24) is 15.0 Å². The molecular formula is C30H27BrN4O2S.